The maximum absolute atomic E-state index is 14.0. The first kappa shape index (κ1) is 55.4. The van der Waals surface area contributed by atoms with Crippen LogP contribution in [0.4, 0.5) is 79.0 Å². The maximum Gasteiger partial charge on any atom is 0.416 e. The molecule has 0 spiro atoms. The summed E-state index contributed by atoms with van der Waals surface area (Å²) in [5, 5.41) is 1.12. The second-order valence-corrected chi connectivity index (χ2v) is 23.8. The lowest BCUT2D eigenvalue weighted by atomic mass is 9.25. The third-order valence-electron chi connectivity index (χ3n) is 12.1. The van der Waals surface area contributed by atoms with E-state index in [9.17, 15) is 79.0 Å². The van der Waals surface area contributed by atoms with Crippen LogP contribution < -0.4 is 37.3 Å². The van der Waals surface area contributed by atoms with Gasteiger partial charge in [0, 0.05) is 6.15 Å². The first-order valence-corrected chi connectivity index (χ1v) is 26.1. The normalized spacial score (nSPS) is 13.3. The lowest BCUT2D eigenvalue weighted by Crippen LogP contribution is -2.60. The monoisotopic (exact) mass is 1090 g/mol. The molecule has 0 unspecified atom stereocenters. The van der Waals surface area contributed by atoms with E-state index in [1.54, 1.807) is 30.3 Å². The van der Waals surface area contributed by atoms with E-state index in [4.69, 9.17) is 0 Å². The van der Waals surface area contributed by atoms with Crippen molar-refractivity contribution in [2.24, 2.45) is 0 Å². The van der Waals surface area contributed by atoms with Gasteiger partial charge in [-0.15, -0.1) is 18.2 Å². The van der Waals surface area contributed by atoms with Crippen LogP contribution in [0.2, 0.25) is 0 Å². The van der Waals surface area contributed by atoms with Crippen LogP contribution in [0.25, 0.3) is 0 Å². The van der Waals surface area contributed by atoms with Gasteiger partial charge in [0.25, 0.3) is 0 Å². The van der Waals surface area contributed by atoms with Crippen molar-refractivity contribution in [1.82, 2.24) is 0 Å². The average Bonchev–Trinajstić information content (AvgIpc) is 3.33. The van der Waals surface area contributed by atoms with Gasteiger partial charge in [0.15, 0.2) is 0 Å². The van der Waals surface area contributed by atoms with Crippen LogP contribution in [0.3, 0.4) is 0 Å². The minimum absolute atomic E-state index is 0.187. The average molecular weight is 1090 g/mol. The predicted molar refractivity (Wildman–Crippen MR) is 254 cm³/mol. The molecule has 0 N–H and O–H groups in total. The standard InChI is InChI=1S/C51H35BF18P3/c53-46(54,55)33-6-18-40(19-7-33)71(41-20-8-34(9-21-41)47(56,57)58)30-52(39-4-2-1-3-5-39,31-72(42-22-10-35(11-23-42)48(59,60)61)43-24-12-36(13-25-43)49(62,63)64)32-73(44-26-14-37(15-27-44)50(65,66)67)45-28-16-38(17-29-45)51(68,69)70/h1-29H,30-32H2/q-1. The van der Waals surface area contributed by atoms with Crippen LogP contribution in [0.5, 0.6) is 0 Å². The number of benzene rings is 7. The molecule has 0 radical (unpaired) electrons. The fourth-order valence-corrected chi connectivity index (χ4v) is 17.8. The topological polar surface area (TPSA) is 0 Å². The number of hydrogen-bond donors (Lipinski definition) is 0. The Morgan fingerprint density at radius 3 is 0.548 bits per heavy atom. The highest BCUT2D eigenvalue weighted by Gasteiger charge is 2.40. The van der Waals surface area contributed by atoms with Crippen LogP contribution in [0.1, 0.15) is 33.4 Å². The molecule has 0 bridgehead atoms. The van der Waals surface area contributed by atoms with Crippen molar-refractivity contribution in [3.8, 4) is 0 Å². The Bertz CT molecular complexity index is 2450. The van der Waals surface area contributed by atoms with Gasteiger partial charge in [-0.3, -0.25) is 0 Å². The molecule has 0 amide bonds. The van der Waals surface area contributed by atoms with Crippen molar-refractivity contribution in [3.63, 3.8) is 0 Å². The minimum atomic E-state index is -4.84. The summed E-state index contributed by atoms with van der Waals surface area (Å²) in [4.78, 5) is 0. The molecule has 0 atom stereocenters. The van der Waals surface area contributed by atoms with Crippen molar-refractivity contribution in [2.75, 3.05) is 18.2 Å². The maximum atomic E-state index is 14.0. The van der Waals surface area contributed by atoms with Gasteiger partial charge in [-0.25, -0.2) is 5.46 Å². The highest BCUT2D eigenvalue weighted by atomic mass is 31.1. The van der Waals surface area contributed by atoms with Crippen molar-refractivity contribution in [2.45, 2.75) is 37.1 Å². The van der Waals surface area contributed by atoms with E-state index in [0.717, 1.165) is 146 Å². The highest BCUT2D eigenvalue weighted by molar-refractivity contribution is 7.81. The zero-order valence-corrected chi connectivity index (χ0v) is 39.8. The number of halogens is 18. The molecule has 384 valence electrons. The molecule has 7 aromatic carbocycles. The Morgan fingerprint density at radius 2 is 0.397 bits per heavy atom. The van der Waals surface area contributed by atoms with E-state index in [0.29, 0.717) is 5.46 Å². The third-order valence-corrected chi connectivity index (χ3v) is 20.9. The molecule has 0 aromatic heterocycles. The van der Waals surface area contributed by atoms with Crippen molar-refractivity contribution < 1.29 is 79.0 Å². The molecule has 0 saturated carbocycles. The molecule has 7 rings (SSSR count). The molecule has 0 heterocycles. The Hall–Kier alpha value is -5.37. The Kier molecular flexibility index (Phi) is 16.0. The fourth-order valence-electron chi connectivity index (χ4n) is 8.46. The zero-order chi connectivity index (χ0) is 53.4. The lowest BCUT2D eigenvalue weighted by Gasteiger charge is -2.48. The van der Waals surface area contributed by atoms with Crippen LogP contribution in [-0.2, 0) is 37.1 Å². The van der Waals surface area contributed by atoms with Gasteiger partial charge in [-0.1, -0.05) is 127 Å². The summed E-state index contributed by atoms with van der Waals surface area (Å²) in [6.07, 6.45) is -31.7. The predicted octanol–water partition coefficient (Wildman–Crippen LogP) is 14.5. The van der Waals surface area contributed by atoms with Crippen molar-refractivity contribution in [1.29, 1.82) is 0 Å². The fraction of sp³-hybridized carbons (Fsp3) is 0.176. The van der Waals surface area contributed by atoms with Crippen LogP contribution >= 0.6 is 23.8 Å². The van der Waals surface area contributed by atoms with E-state index >= 15 is 0 Å². The molecule has 0 fully saturated rings. The Morgan fingerprint density at radius 1 is 0.233 bits per heavy atom. The summed E-state index contributed by atoms with van der Waals surface area (Å²) in [7, 11) is -6.48. The quantitative estimate of drug-likeness (QED) is 0.0613. The van der Waals surface area contributed by atoms with Gasteiger partial charge in [0.05, 0.1) is 33.4 Å². The number of rotatable bonds is 13. The third kappa shape index (κ3) is 13.5. The smallest absolute Gasteiger partial charge is 0.209 e. The summed E-state index contributed by atoms with van der Waals surface area (Å²) < 4.78 is 253. The van der Waals surface area contributed by atoms with Crippen molar-refractivity contribution in [3.05, 3.63) is 209 Å². The van der Waals surface area contributed by atoms with Gasteiger partial charge < -0.3 is 0 Å². The summed E-state index contributed by atoms with van der Waals surface area (Å²) in [5.41, 5.74) is -6.07. The van der Waals surface area contributed by atoms with Gasteiger partial charge in [-0.2, -0.15) is 79.0 Å². The number of alkyl halides is 18. The Balaban J connectivity index is 1.56. The minimum Gasteiger partial charge on any atom is -0.209 e. The first-order valence-electron chi connectivity index (χ1n) is 21.5. The Labute approximate surface area is 409 Å². The summed E-state index contributed by atoms with van der Waals surface area (Å²) in [6, 6.07) is 30.3. The summed E-state index contributed by atoms with van der Waals surface area (Å²) in [5.74, 6) is 0. The highest BCUT2D eigenvalue weighted by Crippen LogP contribution is 2.49. The molecule has 0 aliphatic heterocycles. The molecule has 0 aliphatic carbocycles. The molecule has 22 heteroatoms. The molecule has 7 aromatic rings. The largest absolute Gasteiger partial charge is 0.416 e. The van der Waals surface area contributed by atoms with Gasteiger partial charge in [0.1, 0.15) is 0 Å². The second-order valence-electron chi connectivity index (χ2n) is 17.0. The summed E-state index contributed by atoms with van der Waals surface area (Å²) >= 11 is 0. The molecule has 0 saturated heterocycles. The van der Waals surface area contributed by atoms with E-state index < -0.39 is 100 Å². The van der Waals surface area contributed by atoms with E-state index in [1.165, 1.54) is 0 Å². The van der Waals surface area contributed by atoms with Crippen LogP contribution in [0, 0.1) is 0 Å². The second kappa shape index (κ2) is 21.1. The summed E-state index contributed by atoms with van der Waals surface area (Å²) in [6.45, 7) is 0. The van der Waals surface area contributed by atoms with Crippen molar-refractivity contribution >= 4 is 67.2 Å². The van der Waals surface area contributed by atoms with E-state index in [1.807, 2.05) is 0 Å². The lowest BCUT2D eigenvalue weighted by molar-refractivity contribution is -0.138. The van der Waals surface area contributed by atoms with E-state index in [-0.39, 0.29) is 50.0 Å². The van der Waals surface area contributed by atoms with E-state index in [2.05, 4.69) is 0 Å². The van der Waals surface area contributed by atoms with Gasteiger partial charge >= 0.3 is 37.1 Å². The van der Waals surface area contributed by atoms with Crippen LogP contribution in [-0.4, -0.2) is 24.3 Å². The number of hydrogen-bond acceptors (Lipinski definition) is 0. The van der Waals surface area contributed by atoms with Gasteiger partial charge in [0.2, 0.25) is 0 Å². The molecule has 0 nitrogen and oxygen atoms in total. The molecule has 73 heavy (non-hydrogen) atoms. The molecular weight excluding hydrogens is 1060 g/mol. The first-order chi connectivity index (χ1) is 33.9. The van der Waals surface area contributed by atoms with Crippen LogP contribution in [0.15, 0.2) is 176 Å². The molecular formula is C51H35BF18P3-. The molecule has 0 aliphatic rings. The van der Waals surface area contributed by atoms with Gasteiger partial charge in [-0.05, 0) is 105 Å². The zero-order valence-electron chi connectivity index (χ0n) is 37.1. The SMILES string of the molecule is FC(F)(F)c1ccc(P(C[B-](CP(c2ccc(C(F)(F)F)cc2)c2ccc(C(F)(F)F)cc2)(CP(c2ccc(C(F)(F)F)cc2)c2ccc(C(F)(F)F)cc2)c2ccccc2)c2ccc(C(F)(F)F)cc2)cc1.